The molecule has 1 aliphatic carbocycles. The minimum absolute atomic E-state index is 0.574. The first-order valence-electron chi connectivity index (χ1n) is 6.90. The largest absolute Gasteiger partial charge is 0.324 e. The second-order valence-electron chi connectivity index (χ2n) is 5.53. The first kappa shape index (κ1) is 12.2. The lowest BCUT2D eigenvalue weighted by Gasteiger charge is -2.26. The van der Waals surface area contributed by atoms with E-state index in [1.165, 1.54) is 17.7 Å². The van der Waals surface area contributed by atoms with Crippen LogP contribution in [0.25, 0.3) is 0 Å². The molecule has 2 aromatic rings. The Bertz CT molecular complexity index is 565. The van der Waals surface area contributed by atoms with Crippen molar-refractivity contribution in [1.82, 2.24) is 9.97 Å². The van der Waals surface area contributed by atoms with Crippen molar-refractivity contribution in [3.63, 3.8) is 0 Å². The van der Waals surface area contributed by atoms with Crippen molar-refractivity contribution in [3.8, 4) is 0 Å². The van der Waals surface area contributed by atoms with Gasteiger partial charge in [-0.05, 0) is 42.4 Å². The fraction of sp³-hybridized carbons (Fsp3) is 0.375. The monoisotopic (exact) mass is 253 g/mol. The number of hydrogen-bond donors (Lipinski definition) is 1. The molecule has 3 nitrogen and oxygen atoms in total. The van der Waals surface area contributed by atoms with E-state index in [2.05, 4.69) is 29.1 Å². The molecule has 1 heterocycles. The summed E-state index contributed by atoms with van der Waals surface area (Å²) in [6.45, 7) is 4.56. The predicted molar refractivity (Wildman–Crippen MR) is 77.7 cm³/mol. The third-order valence-electron chi connectivity index (χ3n) is 3.76. The zero-order chi connectivity index (χ0) is 13.2. The molecule has 98 valence electrons. The molecule has 1 aromatic heterocycles. The van der Waals surface area contributed by atoms with Gasteiger partial charge in [-0.1, -0.05) is 32.0 Å². The topological polar surface area (TPSA) is 37.8 Å². The maximum absolute atomic E-state index is 4.69. The normalized spacial score (nSPS) is 21.8. The highest BCUT2D eigenvalue weighted by molar-refractivity contribution is 5.53. The Hall–Kier alpha value is -1.90. The van der Waals surface area contributed by atoms with Crippen molar-refractivity contribution >= 4 is 11.6 Å². The van der Waals surface area contributed by atoms with Gasteiger partial charge in [0.25, 0.3) is 0 Å². The molecule has 0 aliphatic heterocycles. The van der Waals surface area contributed by atoms with Gasteiger partial charge in [0, 0.05) is 17.6 Å². The van der Waals surface area contributed by atoms with E-state index in [0.29, 0.717) is 17.8 Å². The number of para-hydroxylation sites is 1. The SMILES string of the molecule is CC1Cc2nc(Nc3ccccc3)ncc2C(C)C1. The van der Waals surface area contributed by atoms with E-state index in [0.717, 1.165) is 12.1 Å². The fourth-order valence-electron chi connectivity index (χ4n) is 2.86. The number of hydrogen-bond acceptors (Lipinski definition) is 3. The molecule has 0 saturated carbocycles. The number of nitrogens with one attached hydrogen (secondary N) is 1. The Morgan fingerprint density at radius 3 is 2.74 bits per heavy atom. The van der Waals surface area contributed by atoms with Crippen LogP contribution in [0.15, 0.2) is 36.5 Å². The van der Waals surface area contributed by atoms with Gasteiger partial charge in [0.1, 0.15) is 0 Å². The van der Waals surface area contributed by atoms with Gasteiger partial charge in [-0.25, -0.2) is 9.97 Å². The number of benzene rings is 1. The average molecular weight is 253 g/mol. The van der Waals surface area contributed by atoms with Gasteiger partial charge in [-0.3, -0.25) is 0 Å². The van der Waals surface area contributed by atoms with Crippen LogP contribution in [0.2, 0.25) is 0 Å². The Kier molecular flexibility index (Phi) is 3.20. The van der Waals surface area contributed by atoms with E-state index in [9.17, 15) is 0 Å². The van der Waals surface area contributed by atoms with Crippen molar-refractivity contribution in [2.45, 2.75) is 32.6 Å². The smallest absolute Gasteiger partial charge is 0.227 e. The van der Waals surface area contributed by atoms with Crippen molar-refractivity contribution in [1.29, 1.82) is 0 Å². The van der Waals surface area contributed by atoms with Crippen molar-refractivity contribution in [2.24, 2.45) is 5.92 Å². The Morgan fingerprint density at radius 2 is 1.95 bits per heavy atom. The second-order valence-corrected chi connectivity index (χ2v) is 5.53. The van der Waals surface area contributed by atoms with E-state index in [1.807, 2.05) is 36.5 Å². The van der Waals surface area contributed by atoms with Crippen LogP contribution in [-0.2, 0) is 6.42 Å². The maximum Gasteiger partial charge on any atom is 0.227 e. The third-order valence-corrected chi connectivity index (χ3v) is 3.76. The summed E-state index contributed by atoms with van der Waals surface area (Å²) in [6.07, 6.45) is 4.29. The lowest BCUT2D eigenvalue weighted by atomic mass is 9.82. The molecule has 19 heavy (non-hydrogen) atoms. The van der Waals surface area contributed by atoms with Crippen LogP contribution in [0.4, 0.5) is 11.6 Å². The van der Waals surface area contributed by atoms with Crippen molar-refractivity contribution in [3.05, 3.63) is 47.8 Å². The summed E-state index contributed by atoms with van der Waals surface area (Å²) in [7, 11) is 0. The zero-order valence-corrected chi connectivity index (χ0v) is 11.4. The molecule has 0 fully saturated rings. The number of anilines is 2. The van der Waals surface area contributed by atoms with E-state index in [-0.39, 0.29) is 0 Å². The third kappa shape index (κ3) is 2.60. The molecule has 0 spiro atoms. The first-order chi connectivity index (χ1) is 9.22. The highest BCUT2D eigenvalue weighted by Gasteiger charge is 2.23. The Balaban J connectivity index is 1.87. The molecular formula is C16H19N3. The molecule has 0 bridgehead atoms. The van der Waals surface area contributed by atoms with Gasteiger partial charge >= 0.3 is 0 Å². The zero-order valence-electron chi connectivity index (χ0n) is 11.4. The number of nitrogens with zero attached hydrogens (tertiary/aromatic N) is 2. The molecule has 1 N–H and O–H groups in total. The van der Waals surface area contributed by atoms with E-state index < -0.39 is 0 Å². The van der Waals surface area contributed by atoms with Gasteiger partial charge < -0.3 is 5.32 Å². The van der Waals surface area contributed by atoms with Crippen LogP contribution in [-0.4, -0.2) is 9.97 Å². The number of rotatable bonds is 2. The summed E-state index contributed by atoms with van der Waals surface area (Å²) in [5.41, 5.74) is 3.55. The van der Waals surface area contributed by atoms with Gasteiger partial charge in [-0.15, -0.1) is 0 Å². The summed E-state index contributed by atoms with van der Waals surface area (Å²) in [5, 5.41) is 3.26. The standard InChI is InChI=1S/C16H19N3/c1-11-8-12(2)14-10-17-16(19-15(14)9-11)18-13-6-4-3-5-7-13/h3-7,10-12H,8-9H2,1-2H3,(H,17,18,19). The lowest BCUT2D eigenvalue weighted by Crippen LogP contribution is -2.17. The van der Waals surface area contributed by atoms with Crippen LogP contribution in [0.5, 0.6) is 0 Å². The highest BCUT2D eigenvalue weighted by atomic mass is 15.1. The molecule has 2 atom stereocenters. The average Bonchev–Trinajstić information content (AvgIpc) is 2.39. The van der Waals surface area contributed by atoms with Gasteiger partial charge in [0.2, 0.25) is 5.95 Å². The van der Waals surface area contributed by atoms with Gasteiger partial charge in [-0.2, -0.15) is 0 Å². The molecule has 0 amide bonds. The molecule has 2 unspecified atom stereocenters. The van der Waals surface area contributed by atoms with Crippen LogP contribution < -0.4 is 5.32 Å². The van der Waals surface area contributed by atoms with Crippen LogP contribution in [0.3, 0.4) is 0 Å². The van der Waals surface area contributed by atoms with E-state index in [4.69, 9.17) is 0 Å². The molecule has 3 rings (SSSR count). The lowest BCUT2D eigenvalue weighted by molar-refractivity contribution is 0.441. The Morgan fingerprint density at radius 1 is 1.16 bits per heavy atom. The Labute approximate surface area is 114 Å². The molecule has 0 radical (unpaired) electrons. The summed E-state index contributed by atoms with van der Waals surface area (Å²) < 4.78 is 0. The predicted octanol–water partition coefficient (Wildman–Crippen LogP) is 3.91. The quantitative estimate of drug-likeness (QED) is 0.881. The van der Waals surface area contributed by atoms with Crippen LogP contribution in [0.1, 0.15) is 37.4 Å². The summed E-state index contributed by atoms with van der Waals surface area (Å²) >= 11 is 0. The molecule has 0 saturated heterocycles. The minimum atomic E-state index is 0.574. The van der Waals surface area contributed by atoms with Crippen LogP contribution >= 0.6 is 0 Å². The maximum atomic E-state index is 4.69. The summed E-state index contributed by atoms with van der Waals surface area (Å²) in [5.74, 6) is 1.98. The molecular weight excluding hydrogens is 234 g/mol. The summed E-state index contributed by atoms with van der Waals surface area (Å²) in [4.78, 5) is 9.13. The van der Waals surface area contributed by atoms with Crippen molar-refractivity contribution < 1.29 is 0 Å². The number of fused-ring (bicyclic) bond motifs is 1. The van der Waals surface area contributed by atoms with E-state index >= 15 is 0 Å². The molecule has 1 aromatic carbocycles. The highest BCUT2D eigenvalue weighted by Crippen LogP contribution is 2.33. The van der Waals surface area contributed by atoms with E-state index in [1.54, 1.807) is 0 Å². The second kappa shape index (κ2) is 5.00. The summed E-state index contributed by atoms with van der Waals surface area (Å²) in [6, 6.07) is 10.1. The number of aromatic nitrogens is 2. The molecule has 1 aliphatic rings. The fourth-order valence-corrected chi connectivity index (χ4v) is 2.86. The first-order valence-corrected chi connectivity index (χ1v) is 6.90. The van der Waals surface area contributed by atoms with Gasteiger partial charge in [0.05, 0.1) is 0 Å². The van der Waals surface area contributed by atoms with Crippen molar-refractivity contribution in [2.75, 3.05) is 5.32 Å². The van der Waals surface area contributed by atoms with Gasteiger partial charge in [0.15, 0.2) is 0 Å². The van der Waals surface area contributed by atoms with Crippen LogP contribution in [0, 0.1) is 5.92 Å². The molecule has 3 heteroatoms. The minimum Gasteiger partial charge on any atom is -0.324 e.